The number of benzene rings is 2. The Morgan fingerprint density at radius 1 is 1.22 bits per heavy atom. The van der Waals surface area contributed by atoms with Gasteiger partial charge >= 0.3 is 0 Å². The first-order valence-electron chi connectivity index (χ1n) is 7.03. The maximum Gasteiger partial charge on any atom is 0.265 e. The third kappa shape index (κ3) is 3.35. The second-order valence-corrected chi connectivity index (χ2v) is 4.95. The largest absolute Gasteiger partial charge is 0.481 e. The van der Waals surface area contributed by atoms with Gasteiger partial charge in [0.15, 0.2) is 17.6 Å². The van der Waals surface area contributed by atoms with Gasteiger partial charge in [-0.1, -0.05) is 0 Å². The molecule has 0 spiro atoms. The zero-order chi connectivity index (χ0) is 16.2. The number of nitriles is 1. The van der Waals surface area contributed by atoms with Crippen molar-refractivity contribution < 1.29 is 19.0 Å². The molecule has 116 valence electrons. The van der Waals surface area contributed by atoms with E-state index in [2.05, 4.69) is 5.32 Å². The first-order chi connectivity index (χ1) is 11.2. The van der Waals surface area contributed by atoms with Gasteiger partial charge < -0.3 is 19.5 Å². The van der Waals surface area contributed by atoms with Gasteiger partial charge in [-0.2, -0.15) is 5.26 Å². The fraction of sp³-hybridized carbons (Fsp3) is 0.176. The predicted octanol–water partition coefficient (Wildman–Crippen LogP) is 2.69. The Bertz CT molecular complexity index is 765. The second-order valence-electron chi connectivity index (χ2n) is 4.95. The van der Waals surface area contributed by atoms with Crippen LogP contribution in [-0.2, 0) is 4.79 Å². The van der Waals surface area contributed by atoms with Crippen molar-refractivity contribution in [3.63, 3.8) is 0 Å². The maximum atomic E-state index is 12.2. The minimum absolute atomic E-state index is 0.185. The van der Waals surface area contributed by atoms with Gasteiger partial charge in [-0.25, -0.2) is 0 Å². The number of ether oxygens (including phenoxy) is 3. The summed E-state index contributed by atoms with van der Waals surface area (Å²) in [5, 5.41) is 11.5. The van der Waals surface area contributed by atoms with Gasteiger partial charge in [0.1, 0.15) is 5.75 Å². The van der Waals surface area contributed by atoms with E-state index in [1.165, 1.54) is 0 Å². The van der Waals surface area contributed by atoms with Crippen LogP contribution < -0.4 is 19.5 Å². The van der Waals surface area contributed by atoms with Gasteiger partial charge in [-0.05, 0) is 43.3 Å². The molecule has 2 aromatic carbocycles. The molecular weight excluding hydrogens is 296 g/mol. The Morgan fingerprint density at radius 3 is 2.70 bits per heavy atom. The molecule has 0 aliphatic carbocycles. The number of rotatable bonds is 4. The van der Waals surface area contributed by atoms with Gasteiger partial charge in [0.2, 0.25) is 6.79 Å². The van der Waals surface area contributed by atoms with Crippen LogP contribution in [0.3, 0.4) is 0 Å². The highest BCUT2D eigenvalue weighted by molar-refractivity contribution is 5.94. The second kappa shape index (κ2) is 6.28. The van der Waals surface area contributed by atoms with Crippen molar-refractivity contribution in [1.82, 2.24) is 0 Å². The summed E-state index contributed by atoms with van der Waals surface area (Å²) in [4.78, 5) is 12.2. The Kier molecular flexibility index (Phi) is 4.02. The van der Waals surface area contributed by atoms with Gasteiger partial charge in [0.05, 0.1) is 11.6 Å². The van der Waals surface area contributed by atoms with Gasteiger partial charge in [0.25, 0.3) is 5.91 Å². The minimum Gasteiger partial charge on any atom is -0.481 e. The Balaban J connectivity index is 1.62. The minimum atomic E-state index is -0.687. The topological polar surface area (TPSA) is 80.6 Å². The SMILES string of the molecule is C[C@@H](Oc1ccc(C#N)cc1)C(=O)Nc1ccc2c(c1)OCO2. The van der Waals surface area contributed by atoms with Crippen molar-refractivity contribution in [2.75, 3.05) is 12.1 Å². The molecule has 0 aromatic heterocycles. The molecule has 1 amide bonds. The van der Waals surface area contributed by atoms with E-state index < -0.39 is 6.10 Å². The number of nitrogens with one attached hydrogen (secondary N) is 1. The lowest BCUT2D eigenvalue weighted by Gasteiger charge is -2.15. The summed E-state index contributed by atoms with van der Waals surface area (Å²) in [5.41, 5.74) is 1.14. The van der Waals surface area contributed by atoms with Crippen LogP contribution in [0.5, 0.6) is 17.2 Å². The lowest BCUT2D eigenvalue weighted by Crippen LogP contribution is -2.30. The zero-order valence-electron chi connectivity index (χ0n) is 12.4. The summed E-state index contributed by atoms with van der Waals surface area (Å²) in [6, 6.07) is 13.8. The number of hydrogen-bond donors (Lipinski definition) is 1. The number of carbonyl (C=O) groups is 1. The molecule has 0 saturated carbocycles. The molecule has 1 atom stereocenters. The van der Waals surface area contributed by atoms with Crippen molar-refractivity contribution in [2.24, 2.45) is 0 Å². The molecule has 1 aliphatic heterocycles. The number of carbonyl (C=O) groups excluding carboxylic acids is 1. The number of hydrogen-bond acceptors (Lipinski definition) is 5. The summed E-state index contributed by atoms with van der Waals surface area (Å²) in [6.45, 7) is 1.84. The number of anilines is 1. The highest BCUT2D eigenvalue weighted by Crippen LogP contribution is 2.34. The number of nitrogens with zero attached hydrogens (tertiary/aromatic N) is 1. The van der Waals surface area contributed by atoms with Gasteiger partial charge in [-0.3, -0.25) is 4.79 Å². The number of amides is 1. The Hall–Kier alpha value is -3.20. The van der Waals surface area contributed by atoms with Crippen molar-refractivity contribution in [2.45, 2.75) is 13.0 Å². The first-order valence-corrected chi connectivity index (χ1v) is 7.03. The molecule has 0 fully saturated rings. The van der Waals surface area contributed by atoms with Crippen LogP contribution in [-0.4, -0.2) is 18.8 Å². The quantitative estimate of drug-likeness (QED) is 0.939. The molecule has 6 heteroatoms. The highest BCUT2D eigenvalue weighted by Gasteiger charge is 2.18. The molecule has 0 saturated heterocycles. The van der Waals surface area contributed by atoms with E-state index in [-0.39, 0.29) is 12.7 Å². The van der Waals surface area contributed by atoms with Crippen LogP contribution in [0.4, 0.5) is 5.69 Å². The van der Waals surface area contributed by atoms with E-state index in [0.717, 1.165) is 0 Å². The van der Waals surface area contributed by atoms with Gasteiger partial charge in [-0.15, -0.1) is 0 Å². The van der Waals surface area contributed by atoms with E-state index in [0.29, 0.717) is 28.5 Å². The molecule has 1 N–H and O–H groups in total. The summed E-state index contributed by atoms with van der Waals surface area (Å²) in [6.07, 6.45) is -0.687. The summed E-state index contributed by atoms with van der Waals surface area (Å²) in [7, 11) is 0. The van der Waals surface area contributed by atoms with Crippen molar-refractivity contribution in [3.05, 3.63) is 48.0 Å². The Labute approximate surface area is 133 Å². The van der Waals surface area contributed by atoms with E-state index in [4.69, 9.17) is 19.5 Å². The van der Waals surface area contributed by atoms with Crippen LogP contribution in [0.15, 0.2) is 42.5 Å². The average Bonchev–Trinajstić information content (AvgIpc) is 3.03. The fourth-order valence-corrected chi connectivity index (χ4v) is 2.08. The van der Waals surface area contributed by atoms with Crippen molar-refractivity contribution >= 4 is 11.6 Å². The third-order valence-electron chi connectivity index (χ3n) is 3.31. The zero-order valence-corrected chi connectivity index (χ0v) is 12.4. The van der Waals surface area contributed by atoms with Crippen LogP contribution in [0.2, 0.25) is 0 Å². The monoisotopic (exact) mass is 310 g/mol. The molecule has 0 bridgehead atoms. The van der Waals surface area contributed by atoms with Crippen LogP contribution >= 0.6 is 0 Å². The van der Waals surface area contributed by atoms with Crippen molar-refractivity contribution in [1.29, 1.82) is 5.26 Å². The summed E-state index contributed by atoms with van der Waals surface area (Å²) < 4.78 is 16.1. The third-order valence-corrected chi connectivity index (χ3v) is 3.31. The van der Waals surface area contributed by atoms with Crippen molar-refractivity contribution in [3.8, 4) is 23.3 Å². The highest BCUT2D eigenvalue weighted by atomic mass is 16.7. The predicted molar refractivity (Wildman–Crippen MR) is 82.4 cm³/mol. The fourth-order valence-electron chi connectivity index (χ4n) is 2.08. The Morgan fingerprint density at radius 2 is 1.96 bits per heavy atom. The van der Waals surface area contributed by atoms with E-state index in [9.17, 15) is 4.79 Å². The smallest absolute Gasteiger partial charge is 0.265 e. The molecule has 0 unspecified atom stereocenters. The molecule has 1 heterocycles. The van der Waals surface area contributed by atoms with E-state index in [1.807, 2.05) is 6.07 Å². The summed E-state index contributed by atoms with van der Waals surface area (Å²) in [5.74, 6) is 1.50. The molecule has 23 heavy (non-hydrogen) atoms. The normalized spacial score (nSPS) is 13.0. The van der Waals surface area contributed by atoms with Gasteiger partial charge in [0, 0.05) is 11.8 Å². The van der Waals surface area contributed by atoms with Crippen LogP contribution in [0.1, 0.15) is 12.5 Å². The molecular formula is C17H14N2O4. The standard InChI is InChI=1S/C17H14N2O4/c1-11(23-14-5-2-12(9-18)3-6-14)17(20)19-13-4-7-15-16(8-13)22-10-21-15/h2-8,11H,10H2,1H3,(H,19,20)/t11-/m1/s1. The lowest BCUT2D eigenvalue weighted by molar-refractivity contribution is -0.122. The van der Waals surface area contributed by atoms with E-state index in [1.54, 1.807) is 49.4 Å². The first kappa shape index (κ1) is 14.7. The van der Waals surface area contributed by atoms with Crippen LogP contribution in [0, 0.1) is 11.3 Å². The molecule has 2 aromatic rings. The maximum absolute atomic E-state index is 12.2. The average molecular weight is 310 g/mol. The lowest BCUT2D eigenvalue weighted by atomic mass is 10.2. The van der Waals surface area contributed by atoms with Crippen LogP contribution in [0.25, 0.3) is 0 Å². The molecule has 6 nitrogen and oxygen atoms in total. The molecule has 1 aliphatic rings. The number of fused-ring (bicyclic) bond motifs is 1. The summed E-state index contributed by atoms with van der Waals surface area (Å²) >= 11 is 0. The molecule has 0 radical (unpaired) electrons. The molecule has 3 rings (SSSR count). The van der Waals surface area contributed by atoms with E-state index >= 15 is 0 Å².